The highest BCUT2D eigenvalue weighted by atomic mass is 35.7. The SMILES string of the molecule is Cc1cccc(OC2CCCC2)c1CS(=O)(=O)Cl. The lowest BCUT2D eigenvalue weighted by Crippen LogP contribution is -2.13. The molecule has 1 aromatic rings. The van der Waals surface area contributed by atoms with Crippen molar-refractivity contribution in [3.8, 4) is 5.75 Å². The Bertz CT molecular complexity index is 519. The zero-order chi connectivity index (χ0) is 13.2. The van der Waals surface area contributed by atoms with Crippen LogP contribution < -0.4 is 4.74 Å². The molecule has 1 saturated carbocycles. The van der Waals surface area contributed by atoms with Crippen LogP contribution >= 0.6 is 10.7 Å². The molecule has 1 aromatic carbocycles. The lowest BCUT2D eigenvalue weighted by atomic mass is 10.1. The van der Waals surface area contributed by atoms with Crippen LogP contribution in [-0.4, -0.2) is 14.5 Å². The van der Waals surface area contributed by atoms with E-state index in [0.29, 0.717) is 11.3 Å². The van der Waals surface area contributed by atoms with E-state index in [9.17, 15) is 8.42 Å². The van der Waals surface area contributed by atoms with Crippen LogP contribution in [0.5, 0.6) is 5.75 Å². The lowest BCUT2D eigenvalue weighted by Gasteiger charge is -2.17. The summed E-state index contributed by atoms with van der Waals surface area (Å²) in [6, 6.07) is 5.58. The molecule has 0 atom stereocenters. The summed E-state index contributed by atoms with van der Waals surface area (Å²) in [4.78, 5) is 0. The standard InChI is InChI=1S/C13H17ClO3S/c1-10-5-4-8-13(12(10)9-18(14,15)16)17-11-6-2-3-7-11/h4-5,8,11H,2-3,6-7,9H2,1H3. The number of aryl methyl sites for hydroxylation is 1. The Balaban J connectivity index is 2.25. The molecule has 3 nitrogen and oxygen atoms in total. The number of hydrogen-bond acceptors (Lipinski definition) is 3. The fraction of sp³-hybridized carbons (Fsp3) is 0.538. The molecule has 0 unspecified atom stereocenters. The van der Waals surface area contributed by atoms with Gasteiger partial charge in [-0.3, -0.25) is 0 Å². The van der Waals surface area contributed by atoms with Crippen LogP contribution in [0.1, 0.15) is 36.8 Å². The predicted molar refractivity (Wildman–Crippen MR) is 72.5 cm³/mol. The summed E-state index contributed by atoms with van der Waals surface area (Å²) in [6.07, 6.45) is 4.66. The van der Waals surface area contributed by atoms with Gasteiger partial charge in [0.2, 0.25) is 9.05 Å². The van der Waals surface area contributed by atoms with Crippen LogP contribution in [0.2, 0.25) is 0 Å². The minimum Gasteiger partial charge on any atom is -0.490 e. The predicted octanol–water partition coefficient (Wildman–Crippen LogP) is 3.39. The number of benzene rings is 1. The first-order valence-electron chi connectivity index (χ1n) is 6.13. The van der Waals surface area contributed by atoms with E-state index in [-0.39, 0.29) is 11.9 Å². The number of halogens is 1. The summed E-state index contributed by atoms with van der Waals surface area (Å²) >= 11 is 0. The third-order valence-corrected chi connectivity index (χ3v) is 4.24. The van der Waals surface area contributed by atoms with Gasteiger partial charge in [-0.05, 0) is 44.2 Å². The van der Waals surface area contributed by atoms with Crippen LogP contribution in [0.3, 0.4) is 0 Å². The zero-order valence-corrected chi connectivity index (χ0v) is 11.9. The molecule has 1 aliphatic rings. The third kappa shape index (κ3) is 3.62. The van der Waals surface area contributed by atoms with Gasteiger partial charge in [0.25, 0.3) is 0 Å². The molecule has 5 heteroatoms. The van der Waals surface area contributed by atoms with Gasteiger partial charge < -0.3 is 4.74 Å². The van der Waals surface area contributed by atoms with E-state index < -0.39 is 9.05 Å². The first-order chi connectivity index (χ1) is 8.46. The molecular weight excluding hydrogens is 272 g/mol. The first kappa shape index (κ1) is 13.7. The number of ether oxygens (including phenoxy) is 1. The van der Waals surface area contributed by atoms with Crippen molar-refractivity contribution < 1.29 is 13.2 Å². The minimum absolute atomic E-state index is 0.177. The van der Waals surface area contributed by atoms with E-state index in [1.54, 1.807) is 0 Å². The molecule has 18 heavy (non-hydrogen) atoms. The summed E-state index contributed by atoms with van der Waals surface area (Å²) in [5.74, 6) is 0.481. The van der Waals surface area contributed by atoms with E-state index in [0.717, 1.165) is 18.4 Å². The molecule has 0 saturated heterocycles. The monoisotopic (exact) mass is 288 g/mol. The van der Waals surface area contributed by atoms with Gasteiger partial charge in [0, 0.05) is 16.2 Å². The van der Waals surface area contributed by atoms with Gasteiger partial charge in [-0.25, -0.2) is 8.42 Å². The van der Waals surface area contributed by atoms with E-state index in [4.69, 9.17) is 15.4 Å². The van der Waals surface area contributed by atoms with Gasteiger partial charge in [-0.1, -0.05) is 12.1 Å². The van der Waals surface area contributed by atoms with Crippen molar-refractivity contribution in [2.75, 3.05) is 0 Å². The minimum atomic E-state index is -3.56. The number of rotatable bonds is 4. The van der Waals surface area contributed by atoms with Gasteiger partial charge >= 0.3 is 0 Å². The van der Waals surface area contributed by atoms with Crippen molar-refractivity contribution in [3.05, 3.63) is 29.3 Å². The largest absolute Gasteiger partial charge is 0.490 e. The lowest BCUT2D eigenvalue weighted by molar-refractivity contribution is 0.208. The van der Waals surface area contributed by atoms with E-state index in [1.165, 1.54) is 12.8 Å². The van der Waals surface area contributed by atoms with Crippen LogP contribution in [0.25, 0.3) is 0 Å². The summed E-state index contributed by atoms with van der Waals surface area (Å²) in [5, 5.41) is 0. The average molecular weight is 289 g/mol. The highest BCUT2D eigenvalue weighted by molar-refractivity contribution is 8.13. The molecule has 0 radical (unpaired) electrons. The maximum atomic E-state index is 11.3. The summed E-state index contributed by atoms with van der Waals surface area (Å²) < 4.78 is 28.4. The zero-order valence-electron chi connectivity index (χ0n) is 10.4. The quantitative estimate of drug-likeness (QED) is 0.798. The summed E-state index contributed by atoms with van der Waals surface area (Å²) in [5.41, 5.74) is 1.58. The molecule has 0 aliphatic heterocycles. The summed E-state index contributed by atoms with van der Waals surface area (Å²) in [7, 11) is 1.78. The molecule has 0 amide bonds. The fourth-order valence-electron chi connectivity index (χ4n) is 2.33. The topological polar surface area (TPSA) is 43.4 Å². The number of hydrogen-bond donors (Lipinski definition) is 0. The Hall–Kier alpha value is -0.740. The Morgan fingerprint density at radius 3 is 2.61 bits per heavy atom. The first-order valence-corrected chi connectivity index (χ1v) is 8.61. The van der Waals surface area contributed by atoms with Gasteiger partial charge in [0.15, 0.2) is 0 Å². The third-order valence-electron chi connectivity index (χ3n) is 3.28. The second kappa shape index (κ2) is 5.49. The molecule has 1 aliphatic carbocycles. The maximum Gasteiger partial charge on any atom is 0.236 e. The summed E-state index contributed by atoms with van der Waals surface area (Å²) in [6.45, 7) is 1.87. The van der Waals surface area contributed by atoms with Crippen molar-refractivity contribution in [1.29, 1.82) is 0 Å². The molecule has 0 aromatic heterocycles. The van der Waals surface area contributed by atoms with E-state index >= 15 is 0 Å². The van der Waals surface area contributed by atoms with Crippen LogP contribution in [0.15, 0.2) is 18.2 Å². The Morgan fingerprint density at radius 2 is 2.00 bits per heavy atom. The van der Waals surface area contributed by atoms with Gasteiger partial charge in [-0.15, -0.1) is 0 Å². The maximum absolute atomic E-state index is 11.3. The van der Waals surface area contributed by atoms with Crippen molar-refractivity contribution in [3.63, 3.8) is 0 Å². The average Bonchev–Trinajstić information content (AvgIpc) is 2.74. The molecule has 0 N–H and O–H groups in total. The van der Waals surface area contributed by atoms with E-state index in [2.05, 4.69) is 0 Å². The van der Waals surface area contributed by atoms with Crippen LogP contribution in [0, 0.1) is 6.92 Å². The van der Waals surface area contributed by atoms with Crippen LogP contribution in [0.4, 0.5) is 0 Å². The Labute approximate surface area is 113 Å². The van der Waals surface area contributed by atoms with Gasteiger partial charge in [0.05, 0.1) is 11.9 Å². The highest BCUT2D eigenvalue weighted by Crippen LogP contribution is 2.30. The molecular formula is C13H17ClO3S. The van der Waals surface area contributed by atoms with Crippen molar-refractivity contribution in [2.24, 2.45) is 0 Å². The van der Waals surface area contributed by atoms with Crippen LogP contribution in [-0.2, 0) is 14.8 Å². The van der Waals surface area contributed by atoms with Crippen molar-refractivity contribution in [1.82, 2.24) is 0 Å². The van der Waals surface area contributed by atoms with Crippen molar-refractivity contribution >= 4 is 19.7 Å². The molecule has 0 heterocycles. The molecule has 2 rings (SSSR count). The fourth-order valence-corrected chi connectivity index (χ4v) is 3.37. The molecule has 1 fully saturated rings. The molecule has 0 bridgehead atoms. The second-order valence-corrected chi connectivity index (χ2v) is 7.54. The normalized spacial score (nSPS) is 17.0. The van der Waals surface area contributed by atoms with Gasteiger partial charge in [0.1, 0.15) is 5.75 Å². The van der Waals surface area contributed by atoms with E-state index in [1.807, 2.05) is 25.1 Å². The smallest absolute Gasteiger partial charge is 0.236 e. The molecule has 100 valence electrons. The Morgan fingerprint density at radius 1 is 1.33 bits per heavy atom. The highest BCUT2D eigenvalue weighted by Gasteiger charge is 2.20. The van der Waals surface area contributed by atoms with Gasteiger partial charge in [-0.2, -0.15) is 0 Å². The molecule has 0 spiro atoms. The van der Waals surface area contributed by atoms with Crippen molar-refractivity contribution in [2.45, 2.75) is 44.5 Å². The Kier molecular flexibility index (Phi) is 4.17. The second-order valence-electron chi connectivity index (χ2n) is 4.76.